The number of para-hydroxylation sites is 1. The maximum absolute atomic E-state index is 9.65. The molecule has 0 aliphatic heterocycles. The fourth-order valence-electron chi connectivity index (χ4n) is 2.58. The lowest BCUT2D eigenvalue weighted by molar-refractivity contribution is 0.311. The third-order valence-corrected chi connectivity index (χ3v) is 3.84. The molecule has 0 aliphatic carbocycles. The third kappa shape index (κ3) is 4.99. The predicted octanol–water partition coefficient (Wildman–Crippen LogP) is 3.67. The third-order valence-electron chi connectivity index (χ3n) is 3.84. The standard InChI is InChI=1S/C21H20N6O2/c1-3-29-18-12-14(9-10-17(18)28-2)11-15(13-22)19-25-20(23)27-21(26-19)24-16-7-5-4-6-8-16/h4-12H,3H2,1-2H3,(H3,23,24,25,26,27). The van der Waals surface area contributed by atoms with Gasteiger partial charge in [-0.2, -0.15) is 20.2 Å². The van der Waals surface area contributed by atoms with Gasteiger partial charge < -0.3 is 20.5 Å². The van der Waals surface area contributed by atoms with Crippen molar-refractivity contribution in [2.45, 2.75) is 6.92 Å². The first-order valence-corrected chi connectivity index (χ1v) is 8.89. The normalized spacial score (nSPS) is 10.9. The Bertz CT molecular complexity index is 1060. The van der Waals surface area contributed by atoms with Crippen molar-refractivity contribution in [1.29, 1.82) is 5.26 Å². The van der Waals surface area contributed by atoms with Crippen LogP contribution in [0.15, 0.2) is 48.5 Å². The average Bonchev–Trinajstić information content (AvgIpc) is 2.73. The molecule has 0 amide bonds. The molecule has 3 aromatic rings. The first-order chi connectivity index (χ1) is 14.1. The van der Waals surface area contributed by atoms with E-state index in [0.29, 0.717) is 18.1 Å². The van der Waals surface area contributed by atoms with E-state index in [-0.39, 0.29) is 23.3 Å². The quantitative estimate of drug-likeness (QED) is 0.589. The molecule has 3 N–H and O–H groups in total. The second-order valence-corrected chi connectivity index (χ2v) is 5.84. The van der Waals surface area contributed by atoms with Crippen LogP contribution in [0.4, 0.5) is 17.6 Å². The van der Waals surface area contributed by atoms with Gasteiger partial charge in [-0.05, 0) is 42.8 Å². The summed E-state index contributed by atoms with van der Waals surface area (Å²) in [7, 11) is 1.57. The molecule has 8 heteroatoms. The fourth-order valence-corrected chi connectivity index (χ4v) is 2.58. The van der Waals surface area contributed by atoms with Crippen molar-refractivity contribution in [2.75, 3.05) is 24.8 Å². The monoisotopic (exact) mass is 388 g/mol. The van der Waals surface area contributed by atoms with E-state index in [1.165, 1.54) is 0 Å². The van der Waals surface area contributed by atoms with E-state index in [1.54, 1.807) is 25.3 Å². The van der Waals surface area contributed by atoms with Gasteiger partial charge in [-0.3, -0.25) is 0 Å². The van der Waals surface area contributed by atoms with Gasteiger partial charge in [0.1, 0.15) is 6.07 Å². The predicted molar refractivity (Wildman–Crippen MR) is 112 cm³/mol. The fraction of sp³-hybridized carbons (Fsp3) is 0.143. The highest BCUT2D eigenvalue weighted by Gasteiger charge is 2.11. The molecular weight excluding hydrogens is 368 g/mol. The van der Waals surface area contributed by atoms with Crippen LogP contribution in [-0.2, 0) is 0 Å². The number of ether oxygens (including phenoxy) is 2. The van der Waals surface area contributed by atoms with E-state index in [1.807, 2.05) is 43.3 Å². The van der Waals surface area contributed by atoms with Crippen LogP contribution in [0.1, 0.15) is 18.3 Å². The van der Waals surface area contributed by atoms with Crippen LogP contribution in [0.25, 0.3) is 11.6 Å². The minimum absolute atomic E-state index is 0.0133. The lowest BCUT2D eigenvalue weighted by Crippen LogP contribution is -2.06. The van der Waals surface area contributed by atoms with Gasteiger partial charge in [0.05, 0.1) is 19.3 Å². The van der Waals surface area contributed by atoms with Crippen LogP contribution in [0, 0.1) is 11.3 Å². The Kier molecular flexibility index (Phi) is 6.22. The van der Waals surface area contributed by atoms with Crippen LogP contribution in [0.5, 0.6) is 11.5 Å². The van der Waals surface area contributed by atoms with Crippen molar-refractivity contribution in [3.63, 3.8) is 0 Å². The molecule has 0 saturated carbocycles. The van der Waals surface area contributed by atoms with Gasteiger partial charge in [0, 0.05) is 5.69 Å². The summed E-state index contributed by atoms with van der Waals surface area (Å²) in [4.78, 5) is 12.5. The molecule has 0 spiro atoms. The summed E-state index contributed by atoms with van der Waals surface area (Å²) in [5, 5.41) is 12.7. The molecule has 3 rings (SSSR count). The highest BCUT2D eigenvalue weighted by molar-refractivity contribution is 5.87. The summed E-state index contributed by atoms with van der Waals surface area (Å²) in [6, 6.07) is 16.9. The van der Waals surface area contributed by atoms with E-state index in [2.05, 4.69) is 26.3 Å². The highest BCUT2D eigenvalue weighted by atomic mass is 16.5. The minimum atomic E-state index is 0.0133. The number of methoxy groups -OCH3 is 1. The number of anilines is 3. The molecule has 0 atom stereocenters. The second kappa shape index (κ2) is 9.19. The summed E-state index contributed by atoms with van der Waals surface area (Å²) in [5.41, 5.74) is 7.60. The Morgan fingerprint density at radius 1 is 1.14 bits per heavy atom. The van der Waals surface area contributed by atoms with Crippen molar-refractivity contribution < 1.29 is 9.47 Å². The SMILES string of the molecule is CCOc1cc(C=C(C#N)c2nc(N)nc(Nc3ccccc3)n2)ccc1OC. The molecule has 8 nitrogen and oxygen atoms in total. The van der Waals surface area contributed by atoms with Gasteiger partial charge >= 0.3 is 0 Å². The molecule has 1 heterocycles. The number of rotatable bonds is 7. The van der Waals surface area contributed by atoms with Crippen molar-refractivity contribution in [2.24, 2.45) is 0 Å². The number of nitriles is 1. The van der Waals surface area contributed by atoms with Crippen LogP contribution in [0.3, 0.4) is 0 Å². The Morgan fingerprint density at radius 2 is 1.93 bits per heavy atom. The van der Waals surface area contributed by atoms with Crippen LogP contribution in [-0.4, -0.2) is 28.7 Å². The zero-order valence-corrected chi connectivity index (χ0v) is 16.1. The van der Waals surface area contributed by atoms with E-state index >= 15 is 0 Å². The van der Waals surface area contributed by atoms with Crippen molar-refractivity contribution in [3.8, 4) is 17.6 Å². The van der Waals surface area contributed by atoms with Crippen molar-refractivity contribution >= 4 is 29.2 Å². The molecule has 1 aromatic heterocycles. The molecule has 2 aromatic carbocycles. The van der Waals surface area contributed by atoms with E-state index < -0.39 is 0 Å². The lowest BCUT2D eigenvalue weighted by atomic mass is 10.1. The molecule has 146 valence electrons. The van der Waals surface area contributed by atoms with Crippen molar-refractivity contribution in [1.82, 2.24) is 15.0 Å². The summed E-state index contributed by atoms with van der Waals surface area (Å²) in [6.45, 7) is 2.38. The smallest absolute Gasteiger partial charge is 0.232 e. The van der Waals surface area contributed by atoms with Crippen molar-refractivity contribution in [3.05, 3.63) is 59.9 Å². The van der Waals surface area contributed by atoms with Gasteiger partial charge in [0.15, 0.2) is 17.3 Å². The van der Waals surface area contributed by atoms with Gasteiger partial charge in [0.2, 0.25) is 11.9 Å². The molecule has 0 saturated heterocycles. The summed E-state index contributed by atoms with van der Waals surface area (Å²) >= 11 is 0. The van der Waals surface area contributed by atoms with E-state index in [4.69, 9.17) is 15.2 Å². The number of nitrogens with zero attached hydrogens (tertiary/aromatic N) is 4. The summed E-state index contributed by atoms with van der Waals surface area (Å²) in [6.07, 6.45) is 1.66. The molecule has 0 unspecified atom stereocenters. The zero-order chi connectivity index (χ0) is 20.6. The second-order valence-electron chi connectivity index (χ2n) is 5.84. The highest BCUT2D eigenvalue weighted by Crippen LogP contribution is 2.29. The Balaban J connectivity index is 1.95. The van der Waals surface area contributed by atoms with Crippen LogP contribution < -0.4 is 20.5 Å². The number of hydrogen-bond acceptors (Lipinski definition) is 8. The summed E-state index contributed by atoms with van der Waals surface area (Å²) < 4.78 is 10.9. The van der Waals surface area contributed by atoms with Gasteiger partial charge in [-0.25, -0.2) is 0 Å². The number of nitrogens with two attached hydrogens (primary N) is 1. The Hall–Kier alpha value is -4.12. The van der Waals surface area contributed by atoms with Gasteiger partial charge in [-0.1, -0.05) is 24.3 Å². The first-order valence-electron chi connectivity index (χ1n) is 8.89. The molecule has 0 fully saturated rings. The van der Waals surface area contributed by atoms with Gasteiger partial charge in [0.25, 0.3) is 0 Å². The number of hydrogen-bond donors (Lipinski definition) is 2. The average molecular weight is 388 g/mol. The number of allylic oxidation sites excluding steroid dienone is 1. The minimum Gasteiger partial charge on any atom is -0.493 e. The number of nitrogen functional groups attached to an aromatic ring is 1. The van der Waals surface area contributed by atoms with Crippen LogP contribution >= 0.6 is 0 Å². The van der Waals surface area contributed by atoms with Gasteiger partial charge in [-0.15, -0.1) is 0 Å². The molecule has 0 bridgehead atoms. The maximum Gasteiger partial charge on any atom is 0.232 e. The topological polar surface area (TPSA) is 119 Å². The molecule has 0 radical (unpaired) electrons. The largest absolute Gasteiger partial charge is 0.493 e. The number of nitrogens with one attached hydrogen (secondary N) is 1. The number of aromatic nitrogens is 3. The first kappa shape index (κ1) is 19.6. The van der Waals surface area contributed by atoms with E-state index in [0.717, 1.165) is 11.3 Å². The molecule has 0 aliphatic rings. The number of benzene rings is 2. The zero-order valence-electron chi connectivity index (χ0n) is 16.1. The Labute approximate surface area is 168 Å². The summed E-state index contributed by atoms with van der Waals surface area (Å²) in [5.74, 6) is 1.64. The van der Waals surface area contributed by atoms with E-state index in [9.17, 15) is 5.26 Å². The Morgan fingerprint density at radius 3 is 2.62 bits per heavy atom. The maximum atomic E-state index is 9.65. The molecular formula is C21H20N6O2. The van der Waals surface area contributed by atoms with Crippen LogP contribution in [0.2, 0.25) is 0 Å². The lowest BCUT2D eigenvalue weighted by Gasteiger charge is -2.10. The molecule has 29 heavy (non-hydrogen) atoms.